The molecule has 0 aromatic heterocycles. The first kappa shape index (κ1) is 18.7. The summed E-state index contributed by atoms with van der Waals surface area (Å²) in [7, 11) is -4.07. The highest BCUT2D eigenvalue weighted by Crippen LogP contribution is 2.34. The molecule has 0 saturated carbocycles. The minimum atomic E-state index is -4.56. The predicted octanol–water partition coefficient (Wildman–Crippen LogP) is 2.89. The molecule has 2 rings (SSSR count). The highest BCUT2D eigenvalue weighted by molar-refractivity contribution is 7.89. The zero-order valence-electron chi connectivity index (χ0n) is 13.2. The number of carboxylic acids is 1. The Morgan fingerprint density at radius 3 is 2.46 bits per heavy atom. The van der Waals surface area contributed by atoms with Gasteiger partial charge in [0, 0.05) is 12.6 Å². The third kappa shape index (κ3) is 3.41. The van der Waals surface area contributed by atoms with E-state index in [1.165, 1.54) is 13.8 Å². The van der Waals surface area contributed by atoms with Gasteiger partial charge in [-0.1, -0.05) is 0 Å². The Bertz CT molecular complexity index is 746. The fraction of sp³-hybridized carbons (Fsp3) is 0.533. The van der Waals surface area contributed by atoms with E-state index in [1.54, 1.807) is 0 Å². The quantitative estimate of drug-likeness (QED) is 0.894. The van der Waals surface area contributed by atoms with Crippen molar-refractivity contribution in [2.24, 2.45) is 5.92 Å². The van der Waals surface area contributed by atoms with Crippen LogP contribution in [0.2, 0.25) is 0 Å². The van der Waals surface area contributed by atoms with E-state index in [0.717, 1.165) is 22.5 Å². The first-order valence-corrected chi connectivity index (χ1v) is 8.82. The molecule has 1 N–H and O–H groups in total. The second-order valence-corrected chi connectivity index (χ2v) is 7.78. The lowest BCUT2D eigenvalue weighted by Gasteiger charge is -2.36. The molecule has 0 amide bonds. The maximum Gasteiger partial charge on any atom is 0.416 e. The van der Waals surface area contributed by atoms with Crippen molar-refractivity contribution in [2.45, 2.75) is 43.8 Å². The standard InChI is InChI=1S/C15H18F3NO4S/c1-9-8-11(15(16,17)18)5-6-13(9)24(22,23)19-7-3-4-12(10(19)2)14(20)21/h5-6,8,10,12H,3-4,7H2,1-2H3,(H,20,21)/t10-,12-/m1/s1. The Labute approximate surface area is 138 Å². The molecule has 1 saturated heterocycles. The summed E-state index contributed by atoms with van der Waals surface area (Å²) in [6.07, 6.45) is -3.80. The zero-order valence-corrected chi connectivity index (χ0v) is 14.0. The summed E-state index contributed by atoms with van der Waals surface area (Å²) < 4.78 is 64.9. The number of piperidine rings is 1. The number of carboxylic acid groups (broad SMARTS) is 1. The third-order valence-electron chi connectivity index (χ3n) is 4.34. The highest BCUT2D eigenvalue weighted by Gasteiger charge is 2.40. The molecule has 1 heterocycles. The molecular weight excluding hydrogens is 347 g/mol. The highest BCUT2D eigenvalue weighted by atomic mass is 32.2. The summed E-state index contributed by atoms with van der Waals surface area (Å²) in [5, 5.41) is 9.20. The normalized spacial score (nSPS) is 23.2. The molecule has 1 aliphatic rings. The van der Waals surface area contributed by atoms with Crippen molar-refractivity contribution in [1.82, 2.24) is 4.31 Å². The van der Waals surface area contributed by atoms with Crippen LogP contribution in [0, 0.1) is 12.8 Å². The molecule has 0 radical (unpaired) electrons. The van der Waals surface area contributed by atoms with E-state index < -0.39 is 39.7 Å². The van der Waals surface area contributed by atoms with Crippen LogP contribution in [0.4, 0.5) is 13.2 Å². The van der Waals surface area contributed by atoms with E-state index in [2.05, 4.69) is 0 Å². The number of hydrogen-bond acceptors (Lipinski definition) is 3. The second kappa shape index (κ2) is 6.36. The van der Waals surface area contributed by atoms with Crippen molar-refractivity contribution in [2.75, 3.05) is 6.54 Å². The van der Waals surface area contributed by atoms with E-state index in [1.807, 2.05) is 0 Å². The number of aryl methyl sites for hydroxylation is 1. The molecule has 1 aromatic carbocycles. The van der Waals surface area contributed by atoms with Gasteiger partial charge in [-0.05, 0) is 50.5 Å². The van der Waals surface area contributed by atoms with Gasteiger partial charge in [-0.15, -0.1) is 0 Å². The van der Waals surface area contributed by atoms with Gasteiger partial charge in [0.2, 0.25) is 10.0 Å². The van der Waals surface area contributed by atoms with Gasteiger partial charge in [0.1, 0.15) is 0 Å². The molecule has 1 fully saturated rings. The van der Waals surface area contributed by atoms with Crippen molar-refractivity contribution in [1.29, 1.82) is 0 Å². The Balaban J connectivity index is 2.42. The number of halogens is 3. The van der Waals surface area contributed by atoms with Crippen LogP contribution in [0.15, 0.2) is 23.1 Å². The molecule has 5 nitrogen and oxygen atoms in total. The summed E-state index contributed by atoms with van der Waals surface area (Å²) in [5.41, 5.74) is -0.941. The largest absolute Gasteiger partial charge is 0.481 e. The lowest BCUT2D eigenvalue weighted by molar-refractivity contribution is -0.144. The first-order valence-electron chi connectivity index (χ1n) is 7.38. The number of sulfonamides is 1. The average molecular weight is 365 g/mol. The van der Waals surface area contributed by atoms with E-state index in [0.29, 0.717) is 12.8 Å². The smallest absolute Gasteiger partial charge is 0.416 e. The molecule has 1 aromatic rings. The Kier molecular flexibility index (Phi) is 4.96. The van der Waals surface area contributed by atoms with Crippen LogP contribution < -0.4 is 0 Å². The number of nitrogens with zero attached hydrogens (tertiary/aromatic N) is 1. The van der Waals surface area contributed by atoms with Gasteiger partial charge in [0.15, 0.2) is 0 Å². The van der Waals surface area contributed by atoms with Crippen molar-refractivity contribution < 1.29 is 31.5 Å². The van der Waals surface area contributed by atoms with Gasteiger partial charge in [0.05, 0.1) is 16.4 Å². The number of rotatable bonds is 3. The molecule has 9 heteroatoms. The minimum absolute atomic E-state index is 0.0190. The minimum Gasteiger partial charge on any atom is -0.481 e. The molecule has 24 heavy (non-hydrogen) atoms. The molecule has 0 bridgehead atoms. The summed E-state index contributed by atoms with van der Waals surface area (Å²) in [5.74, 6) is -1.91. The Morgan fingerprint density at radius 1 is 1.33 bits per heavy atom. The lowest BCUT2D eigenvalue weighted by atomic mass is 9.92. The maximum atomic E-state index is 12.8. The van der Waals surface area contributed by atoms with Gasteiger partial charge in [-0.25, -0.2) is 8.42 Å². The van der Waals surface area contributed by atoms with Gasteiger partial charge in [0.25, 0.3) is 0 Å². The van der Waals surface area contributed by atoms with E-state index >= 15 is 0 Å². The number of carbonyl (C=O) groups is 1. The molecule has 1 aliphatic heterocycles. The number of alkyl halides is 3. The zero-order chi connectivity index (χ0) is 18.3. The summed E-state index contributed by atoms with van der Waals surface area (Å²) in [4.78, 5) is 11.0. The molecule has 0 unspecified atom stereocenters. The van der Waals surface area contributed by atoms with Crippen molar-refractivity contribution in [3.63, 3.8) is 0 Å². The SMILES string of the molecule is Cc1cc(C(F)(F)F)ccc1S(=O)(=O)N1CCC[C@@H](C(=O)O)[C@H]1C. The first-order chi connectivity index (χ1) is 11.0. The fourth-order valence-corrected chi connectivity index (χ4v) is 4.94. The van der Waals surface area contributed by atoms with E-state index in [4.69, 9.17) is 0 Å². The van der Waals surface area contributed by atoms with Crippen LogP contribution in [0.3, 0.4) is 0 Å². The van der Waals surface area contributed by atoms with Gasteiger partial charge < -0.3 is 5.11 Å². The van der Waals surface area contributed by atoms with Crippen molar-refractivity contribution >= 4 is 16.0 Å². The van der Waals surface area contributed by atoms with Gasteiger partial charge in [-0.3, -0.25) is 4.79 Å². The summed E-state index contributed by atoms with van der Waals surface area (Å²) in [6, 6.07) is 1.69. The van der Waals surface area contributed by atoms with Crippen LogP contribution in [0.25, 0.3) is 0 Å². The predicted molar refractivity (Wildman–Crippen MR) is 79.9 cm³/mol. The van der Waals surface area contributed by atoms with E-state index in [9.17, 15) is 31.5 Å². The number of benzene rings is 1. The number of aliphatic carboxylic acids is 1. The fourth-order valence-electron chi connectivity index (χ4n) is 3.02. The lowest BCUT2D eigenvalue weighted by Crippen LogP contribution is -2.49. The van der Waals surface area contributed by atoms with Crippen molar-refractivity contribution in [3.8, 4) is 0 Å². The van der Waals surface area contributed by atoms with Crippen LogP contribution in [0.5, 0.6) is 0 Å². The van der Waals surface area contributed by atoms with E-state index in [-0.39, 0.29) is 17.0 Å². The average Bonchev–Trinajstić information content (AvgIpc) is 2.45. The van der Waals surface area contributed by atoms with Crippen LogP contribution in [-0.2, 0) is 21.0 Å². The van der Waals surface area contributed by atoms with Gasteiger partial charge in [-0.2, -0.15) is 17.5 Å². The van der Waals surface area contributed by atoms with Gasteiger partial charge >= 0.3 is 12.1 Å². The maximum absolute atomic E-state index is 12.8. The third-order valence-corrected chi connectivity index (χ3v) is 6.48. The molecule has 0 spiro atoms. The summed E-state index contributed by atoms with van der Waals surface area (Å²) in [6.45, 7) is 2.95. The molecular formula is C15H18F3NO4S. The monoisotopic (exact) mass is 365 g/mol. The van der Waals surface area contributed by atoms with Crippen LogP contribution in [0.1, 0.15) is 30.9 Å². The Morgan fingerprint density at radius 2 is 1.96 bits per heavy atom. The number of hydrogen-bond donors (Lipinski definition) is 1. The molecule has 2 atom stereocenters. The molecule has 134 valence electrons. The second-order valence-electron chi connectivity index (χ2n) is 5.92. The van der Waals surface area contributed by atoms with Crippen LogP contribution in [-0.4, -0.2) is 36.4 Å². The van der Waals surface area contributed by atoms with Crippen LogP contribution >= 0.6 is 0 Å². The molecule has 0 aliphatic carbocycles. The topological polar surface area (TPSA) is 74.7 Å². The Hall–Kier alpha value is -1.61. The van der Waals surface area contributed by atoms with Crippen molar-refractivity contribution in [3.05, 3.63) is 29.3 Å². The summed E-state index contributed by atoms with van der Waals surface area (Å²) >= 11 is 0.